The molecule has 1 rings (SSSR count). The van der Waals surface area contributed by atoms with Gasteiger partial charge in [0, 0.05) is 6.20 Å². The summed E-state index contributed by atoms with van der Waals surface area (Å²) in [5.74, 6) is -62.1. The molecule has 0 aliphatic heterocycles. The van der Waals surface area contributed by atoms with E-state index in [9.17, 15) is 79.4 Å². The Balaban J connectivity index is 3.60. The van der Waals surface area contributed by atoms with Gasteiger partial charge in [-0.1, -0.05) is 11.6 Å². The normalized spacial score (nSPS) is 15.3. The lowest BCUT2D eigenvalue weighted by atomic mass is 9.89. The first-order valence-electron chi connectivity index (χ1n) is 7.79. The topological polar surface area (TPSA) is 42.0 Å². The molecule has 1 heterocycles. The molecule has 0 saturated heterocycles. The fourth-order valence-corrected chi connectivity index (χ4v) is 2.15. The molecule has 0 spiro atoms. The minimum absolute atomic E-state index is 0.474. The molecule has 0 fully saturated rings. The molecule has 21 heteroatoms. The SMILES string of the molecule is O=C(Nc1cccnc1Cl)C(F)(F)C(F)(F)C(F)(F)C(F)(F)C(F)(F)C(F)(F)C(F)(F)C(F)(F)F. The maximum atomic E-state index is 13.7. The molecule has 0 aliphatic carbocycles. The number of halogens is 18. The van der Waals surface area contributed by atoms with Crippen LogP contribution in [0.15, 0.2) is 18.3 Å². The van der Waals surface area contributed by atoms with Crippen molar-refractivity contribution in [1.82, 2.24) is 4.98 Å². The van der Waals surface area contributed by atoms with E-state index in [1.807, 2.05) is 0 Å². The zero-order chi connectivity index (χ0) is 28.3. The third kappa shape index (κ3) is 4.20. The maximum Gasteiger partial charge on any atom is 0.460 e. The predicted octanol–water partition coefficient (Wildman–Crippen LogP) is 6.68. The van der Waals surface area contributed by atoms with Crippen LogP contribution in [0.4, 0.5) is 80.3 Å². The Kier molecular flexibility index (Phi) is 7.37. The summed E-state index contributed by atoms with van der Waals surface area (Å²) in [5, 5.41) is -0.369. The quantitative estimate of drug-likeness (QED) is 0.278. The van der Waals surface area contributed by atoms with Gasteiger partial charge in [0.25, 0.3) is 0 Å². The summed E-state index contributed by atoms with van der Waals surface area (Å²) in [5.41, 5.74) is -1.19. The standard InChI is InChI=1S/C14H4ClF17N2O/c15-5-4(2-1-3-33-5)34-6(35)7(16,17)8(18,19)9(20,21)10(22,23)11(24,25)12(26,27)13(28,29)14(30,31)32/h1-3H,(H,34,35). The van der Waals surface area contributed by atoms with Crippen molar-refractivity contribution in [3.8, 4) is 0 Å². The summed E-state index contributed by atoms with van der Waals surface area (Å²) >= 11 is 5.21. The highest BCUT2D eigenvalue weighted by Gasteiger charge is 2.95. The van der Waals surface area contributed by atoms with E-state index in [4.69, 9.17) is 11.6 Å². The van der Waals surface area contributed by atoms with Gasteiger partial charge in [-0.05, 0) is 12.1 Å². The van der Waals surface area contributed by atoms with Crippen LogP contribution < -0.4 is 5.32 Å². The number of alkyl halides is 17. The van der Waals surface area contributed by atoms with E-state index in [0.717, 1.165) is 12.3 Å². The van der Waals surface area contributed by atoms with Crippen LogP contribution in [0.25, 0.3) is 0 Å². The molecule has 3 nitrogen and oxygen atoms in total. The number of amides is 1. The fraction of sp³-hybridized carbons (Fsp3) is 0.571. The van der Waals surface area contributed by atoms with Gasteiger partial charge in [0.1, 0.15) is 0 Å². The van der Waals surface area contributed by atoms with Gasteiger partial charge in [-0.3, -0.25) is 4.79 Å². The van der Waals surface area contributed by atoms with Crippen molar-refractivity contribution < 1.29 is 79.4 Å². The van der Waals surface area contributed by atoms with Gasteiger partial charge < -0.3 is 5.32 Å². The lowest BCUT2D eigenvalue weighted by Crippen LogP contribution is -2.75. The number of aromatic nitrogens is 1. The van der Waals surface area contributed by atoms with Gasteiger partial charge in [-0.25, -0.2) is 4.98 Å². The Morgan fingerprint density at radius 1 is 0.657 bits per heavy atom. The molecule has 202 valence electrons. The molecule has 0 aliphatic rings. The average Bonchev–Trinajstić information content (AvgIpc) is 2.67. The number of hydrogen-bond acceptors (Lipinski definition) is 2. The molecule has 0 aromatic carbocycles. The van der Waals surface area contributed by atoms with Crippen LogP contribution in [-0.4, -0.2) is 58.5 Å². The van der Waals surface area contributed by atoms with Crippen LogP contribution in [0.5, 0.6) is 0 Å². The van der Waals surface area contributed by atoms with Gasteiger partial charge in [-0.2, -0.15) is 74.6 Å². The molecule has 0 bridgehead atoms. The highest BCUT2D eigenvalue weighted by atomic mass is 35.5. The summed E-state index contributed by atoms with van der Waals surface area (Å²) in [6.07, 6.45) is -7.07. The van der Waals surface area contributed by atoms with Gasteiger partial charge in [0.15, 0.2) is 5.15 Å². The number of carbonyl (C=O) groups excluding carboxylic acids is 1. The van der Waals surface area contributed by atoms with Crippen molar-refractivity contribution in [3.05, 3.63) is 23.5 Å². The Morgan fingerprint density at radius 3 is 1.40 bits per heavy atom. The second kappa shape index (κ2) is 8.39. The minimum Gasteiger partial charge on any atom is -0.318 e. The molecular weight excluding hydrogens is 571 g/mol. The number of nitrogens with zero attached hydrogens (tertiary/aromatic N) is 1. The molecule has 0 saturated carbocycles. The molecule has 1 amide bonds. The summed E-state index contributed by atoms with van der Waals surface area (Å²) in [4.78, 5) is 14.4. The van der Waals surface area contributed by atoms with E-state index in [1.54, 1.807) is 0 Å². The number of carbonyl (C=O) groups is 1. The molecule has 1 aromatic heterocycles. The largest absolute Gasteiger partial charge is 0.460 e. The second-order valence-electron chi connectivity index (χ2n) is 6.31. The lowest BCUT2D eigenvalue weighted by Gasteiger charge is -2.42. The van der Waals surface area contributed by atoms with Gasteiger partial charge in [-0.15, -0.1) is 0 Å². The van der Waals surface area contributed by atoms with Gasteiger partial charge in [0.2, 0.25) is 0 Å². The number of nitrogens with one attached hydrogen (secondary N) is 1. The van der Waals surface area contributed by atoms with Crippen LogP contribution in [-0.2, 0) is 4.79 Å². The van der Waals surface area contributed by atoms with Crippen LogP contribution in [0.2, 0.25) is 5.15 Å². The maximum absolute atomic E-state index is 13.7. The van der Waals surface area contributed by atoms with E-state index in [-0.39, 0.29) is 0 Å². The van der Waals surface area contributed by atoms with E-state index in [0.29, 0.717) is 11.4 Å². The van der Waals surface area contributed by atoms with E-state index in [1.165, 1.54) is 0 Å². The first kappa shape index (κ1) is 30.8. The van der Waals surface area contributed by atoms with Crippen molar-refractivity contribution in [2.24, 2.45) is 0 Å². The Morgan fingerprint density at radius 2 is 1.03 bits per heavy atom. The molecule has 0 unspecified atom stereocenters. The van der Waals surface area contributed by atoms with Crippen molar-refractivity contribution in [2.75, 3.05) is 5.32 Å². The van der Waals surface area contributed by atoms with Gasteiger partial charge in [0.05, 0.1) is 5.69 Å². The minimum atomic E-state index is -8.77. The van der Waals surface area contributed by atoms with Crippen molar-refractivity contribution in [3.63, 3.8) is 0 Å². The average molecular weight is 575 g/mol. The summed E-state index contributed by atoms with van der Waals surface area (Å²) in [7, 11) is 0. The van der Waals surface area contributed by atoms with E-state index >= 15 is 0 Å². The number of hydrogen-bond donors (Lipinski definition) is 1. The fourth-order valence-electron chi connectivity index (χ4n) is 1.99. The summed E-state index contributed by atoms with van der Waals surface area (Å²) < 4.78 is 223. The smallest absolute Gasteiger partial charge is 0.318 e. The Bertz CT molecular complexity index is 958. The first-order chi connectivity index (χ1) is 15.2. The molecule has 1 N–H and O–H groups in total. The van der Waals surface area contributed by atoms with E-state index < -0.39 is 64.4 Å². The van der Waals surface area contributed by atoms with Crippen molar-refractivity contribution in [2.45, 2.75) is 47.6 Å². The first-order valence-corrected chi connectivity index (χ1v) is 8.17. The van der Waals surface area contributed by atoms with Crippen molar-refractivity contribution >= 4 is 23.2 Å². The third-order valence-corrected chi connectivity index (χ3v) is 4.32. The molecule has 35 heavy (non-hydrogen) atoms. The number of rotatable bonds is 8. The molecule has 0 radical (unpaired) electrons. The van der Waals surface area contributed by atoms with Crippen molar-refractivity contribution in [1.29, 1.82) is 0 Å². The summed E-state index contributed by atoms with van der Waals surface area (Å²) in [6, 6.07) is 1.21. The second-order valence-corrected chi connectivity index (χ2v) is 6.67. The highest BCUT2D eigenvalue weighted by molar-refractivity contribution is 6.32. The van der Waals surface area contributed by atoms with Crippen LogP contribution >= 0.6 is 11.6 Å². The third-order valence-electron chi connectivity index (χ3n) is 4.01. The van der Waals surface area contributed by atoms with Crippen LogP contribution in [0.3, 0.4) is 0 Å². The Hall–Kier alpha value is -2.28. The number of pyridine rings is 1. The Labute approximate surface area is 185 Å². The highest BCUT2D eigenvalue weighted by Crippen LogP contribution is 2.64. The van der Waals surface area contributed by atoms with Crippen LogP contribution in [0, 0.1) is 0 Å². The van der Waals surface area contributed by atoms with Gasteiger partial charge >= 0.3 is 53.5 Å². The molecule has 0 atom stereocenters. The van der Waals surface area contributed by atoms with Crippen LogP contribution in [0.1, 0.15) is 0 Å². The zero-order valence-corrected chi connectivity index (χ0v) is 16.1. The lowest BCUT2D eigenvalue weighted by molar-refractivity contribution is -0.459. The molecular formula is C14H4ClF17N2O. The molecule has 1 aromatic rings. The number of anilines is 1. The monoisotopic (exact) mass is 574 g/mol. The predicted molar refractivity (Wildman–Crippen MR) is 78.6 cm³/mol. The summed E-state index contributed by atoms with van der Waals surface area (Å²) in [6.45, 7) is 0. The zero-order valence-electron chi connectivity index (χ0n) is 15.4. The van der Waals surface area contributed by atoms with E-state index in [2.05, 4.69) is 4.98 Å².